The Kier molecular flexibility index (Phi) is 3.80. The molecule has 112 valence electrons. The largest absolute Gasteiger partial charge is 0.474 e. The second-order valence-corrected chi connectivity index (χ2v) is 5.93. The molecule has 4 nitrogen and oxygen atoms in total. The van der Waals surface area contributed by atoms with Crippen molar-refractivity contribution in [1.82, 2.24) is 9.97 Å². The topological polar surface area (TPSA) is 61.0 Å². The molecule has 0 bridgehead atoms. The van der Waals surface area contributed by atoms with Crippen molar-refractivity contribution >= 4 is 5.95 Å². The fourth-order valence-electron chi connectivity index (χ4n) is 2.31. The average molecular weight is 289 g/mol. The maximum Gasteiger partial charge on any atom is 0.433 e. The first-order chi connectivity index (χ1) is 9.16. The van der Waals surface area contributed by atoms with Gasteiger partial charge in [0, 0.05) is 6.07 Å². The first-order valence-electron chi connectivity index (χ1n) is 6.54. The zero-order valence-electron chi connectivity index (χ0n) is 11.5. The summed E-state index contributed by atoms with van der Waals surface area (Å²) in [6.45, 7) is 4.35. The summed E-state index contributed by atoms with van der Waals surface area (Å²) >= 11 is 0. The third-order valence-corrected chi connectivity index (χ3v) is 3.58. The number of halogens is 3. The van der Waals surface area contributed by atoms with Gasteiger partial charge in [0.05, 0.1) is 0 Å². The summed E-state index contributed by atoms with van der Waals surface area (Å²) in [4.78, 5) is 6.91. The number of nitrogens with two attached hydrogens (primary N) is 1. The molecule has 0 saturated heterocycles. The third kappa shape index (κ3) is 3.74. The molecular formula is C13H18F3N3O. The fraction of sp³-hybridized carbons (Fsp3) is 0.692. The number of nitrogen functional groups attached to an aromatic ring is 1. The van der Waals surface area contributed by atoms with Gasteiger partial charge in [-0.25, -0.2) is 4.98 Å². The SMILES string of the molecule is CC1(C)CCC(Oc2cc(C(F)(F)F)nc(N)n2)CC1. The van der Waals surface area contributed by atoms with Crippen LogP contribution >= 0.6 is 0 Å². The van der Waals surface area contributed by atoms with Crippen molar-refractivity contribution in [2.24, 2.45) is 5.41 Å². The Morgan fingerprint density at radius 1 is 1.25 bits per heavy atom. The molecule has 1 aliphatic carbocycles. The van der Waals surface area contributed by atoms with Gasteiger partial charge in [-0.2, -0.15) is 18.2 Å². The number of alkyl halides is 3. The Balaban J connectivity index is 2.09. The van der Waals surface area contributed by atoms with Crippen LogP contribution in [0.5, 0.6) is 5.88 Å². The number of ether oxygens (including phenoxy) is 1. The quantitative estimate of drug-likeness (QED) is 0.906. The lowest BCUT2D eigenvalue weighted by Gasteiger charge is -2.34. The lowest BCUT2D eigenvalue weighted by molar-refractivity contribution is -0.141. The van der Waals surface area contributed by atoms with E-state index in [1.165, 1.54) is 0 Å². The van der Waals surface area contributed by atoms with E-state index in [4.69, 9.17) is 10.5 Å². The molecule has 20 heavy (non-hydrogen) atoms. The zero-order valence-corrected chi connectivity index (χ0v) is 11.5. The third-order valence-electron chi connectivity index (χ3n) is 3.58. The second kappa shape index (κ2) is 5.10. The number of hydrogen-bond donors (Lipinski definition) is 1. The Hall–Kier alpha value is -1.53. The fourth-order valence-corrected chi connectivity index (χ4v) is 2.31. The molecule has 1 aliphatic rings. The van der Waals surface area contributed by atoms with Crippen molar-refractivity contribution < 1.29 is 17.9 Å². The minimum absolute atomic E-state index is 0.102. The Bertz CT molecular complexity index is 478. The molecule has 0 atom stereocenters. The molecule has 0 radical (unpaired) electrons. The summed E-state index contributed by atoms with van der Waals surface area (Å²) in [5.74, 6) is -0.527. The summed E-state index contributed by atoms with van der Waals surface area (Å²) in [5, 5.41) is 0. The van der Waals surface area contributed by atoms with E-state index >= 15 is 0 Å². The highest BCUT2D eigenvalue weighted by atomic mass is 19.4. The van der Waals surface area contributed by atoms with Gasteiger partial charge in [-0.05, 0) is 31.1 Å². The first-order valence-corrected chi connectivity index (χ1v) is 6.54. The molecule has 0 spiro atoms. The van der Waals surface area contributed by atoms with Gasteiger partial charge >= 0.3 is 6.18 Å². The summed E-state index contributed by atoms with van der Waals surface area (Å²) in [6, 6.07) is 0.802. The number of hydrogen-bond acceptors (Lipinski definition) is 4. The highest BCUT2D eigenvalue weighted by Crippen LogP contribution is 2.37. The van der Waals surface area contributed by atoms with E-state index in [1.54, 1.807) is 0 Å². The van der Waals surface area contributed by atoms with Crippen LogP contribution in [-0.2, 0) is 6.18 Å². The Labute approximate surface area is 115 Å². The molecule has 7 heteroatoms. The number of rotatable bonds is 2. The molecule has 0 aromatic carbocycles. The van der Waals surface area contributed by atoms with E-state index in [0.717, 1.165) is 31.7 Å². The second-order valence-electron chi connectivity index (χ2n) is 5.93. The predicted molar refractivity (Wildman–Crippen MR) is 68.1 cm³/mol. The lowest BCUT2D eigenvalue weighted by atomic mass is 9.76. The first kappa shape index (κ1) is 14.9. The van der Waals surface area contributed by atoms with Crippen LogP contribution in [0.3, 0.4) is 0 Å². The molecule has 1 aromatic heterocycles. The van der Waals surface area contributed by atoms with Crippen molar-refractivity contribution in [2.75, 3.05) is 5.73 Å². The molecule has 2 rings (SSSR count). The van der Waals surface area contributed by atoms with E-state index < -0.39 is 17.8 Å². The smallest absolute Gasteiger partial charge is 0.433 e. The van der Waals surface area contributed by atoms with Crippen LogP contribution in [0.4, 0.5) is 19.1 Å². The van der Waals surface area contributed by atoms with Crippen LogP contribution < -0.4 is 10.5 Å². The van der Waals surface area contributed by atoms with E-state index in [2.05, 4.69) is 23.8 Å². The Morgan fingerprint density at radius 3 is 2.40 bits per heavy atom. The molecule has 1 aromatic rings. The zero-order chi connectivity index (χ0) is 15.0. The highest BCUT2D eigenvalue weighted by molar-refractivity contribution is 5.27. The minimum Gasteiger partial charge on any atom is -0.474 e. The van der Waals surface area contributed by atoms with Gasteiger partial charge in [-0.1, -0.05) is 13.8 Å². The summed E-state index contributed by atoms with van der Waals surface area (Å²) in [5.41, 5.74) is 4.49. The molecule has 0 unspecified atom stereocenters. The molecule has 0 amide bonds. The molecule has 1 heterocycles. The van der Waals surface area contributed by atoms with Crippen LogP contribution in [-0.4, -0.2) is 16.1 Å². The van der Waals surface area contributed by atoms with Crippen molar-refractivity contribution in [1.29, 1.82) is 0 Å². The lowest BCUT2D eigenvalue weighted by Crippen LogP contribution is -2.28. The van der Waals surface area contributed by atoms with E-state index in [0.29, 0.717) is 0 Å². The van der Waals surface area contributed by atoms with Crippen LogP contribution in [0.15, 0.2) is 6.07 Å². The number of anilines is 1. The predicted octanol–water partition coefficient (Wildman–Crippen LogP) is 3.43. The summed E-state index contributed by atoms with van der Waals surface area (Å²) in [6.07, 6.45) is -1.10. The maximum absolute atomic E-state index is 12.6. The van der Waals surface area contributed by atoms with Gasteiger partial charge in [0.25, 0.3) is 0 Å². The summed E-state index contributed by atoms with van der Waals surface area (Å²) < 4.78 is 43.4. The summed E-state index contributed by atoms with van der Waals surface area (Å²) in [7, 11) is 0. The molecule has 1 saturated carbocycles. The minimum atomic E-state index is -4.55. The molecular weight excluding hydrogens is 271 g/mol. The molecule has 1 fully saturated rings. The van der Waals surface area contributed by atoms with Gasteiger partial charge in [0.2, 0.25) is 11.8 Å². The highest BCUT2D eigenvalue weighted by Gasteiger charge is 2.34. The van der Waals surface area contributed by atoms with E-state index in [9.17, 15) is 13.2 Å². The van der Waals surface area contributed by atoms with Gasteiger partial charge in [0.15, 0.2) is 5.69 Å². The van der Waals surface area contributed by atoms with Crippen LogP contribution in [0.2, 0.25) is 0 Å². The normalized spacial score (nSPS) is 19.9. The van der Waals surface area contributed by atoms with Crippen molar-refractivity contribution in [3.63, 3.8) is 0 Å². The van der Waals surface area contributed by atoms with Crippen molar-refractivity contribution in [3.05, 3.63) is 11.8 Å². The molecule has 0 aliphatic heterocycles. The standard InChI is InChI=1S/C13H18F3N3O/c1-12(2)5-3-8(4-6-12)20-10-7-9(13(14,15)16)18-11(17)19-10/h7-8H,3-6H2,1-2H3,(H2,17,18,19). The van der Waals surface area contributed by atoms with Crippen molar-refractivity contribution in [3.8, 4) is 5.88 Å². The number of nitrogens with zero attached hydrogens (tertiary/aromatic N) is 2. The van der Waals surface area contributed by atoms with E-state index in [-0.39, 0.29) is 17.4 Å². The van der Waals surface area contributed by atoms with E-state index in [1.807, 2.05) is 0 Å². The van der Waals surface area contributed by atoms with Gasteiger partial charge in [-0.15, -0.1) is 0 Å². The monoisotopic (exact) mass is 289 g/mol. The average Bonchev–Trinajstić information content (AvgIpc) is 2.30. The molecule has 2 N–H and O–H groups in total. The van der Waals surface area contributed by atoms with Crippen LogP contribution in [0.1, 0.15) is 45.2 Å². The van der Waals surface area contributed by atoms with Gasteiger partial charge in [-0.3, -0.25) is 0 Å². The van der Waals surface area contributed by atoms with Crippen LogP contribution in [0.25, 0.3) is 0 Å². The van der Waals surface area contributed by atoms with Gasteiger partial charge in [0.1, 0.15) is 6.10 Å². The van der Waals surface area contributed by atoms with Gasteiger partial charge < -0.3 is 10.5 Å². The number of aromatic nitrogens is 2. The maximum atomic E-state index is 12.6. The Morgan fingerprint density at radius 2 is 1.85 bits per heavy atom. The van der Waals surface area contributed by atoms with Crippen molar-refractivity contribution in [2.45, 2.75) is 51.8 Å². The van der Waals surface area contributed by atoms with Crippen LogP contribution in [0, 0.1) is 5.41 Å².